The van der Waals surface area contributed by atoms with Gasteiger partial charge in [-0.05, 0) is 55.2 Å². The van der Waals surface area contributed by atoms with Gasteiger partial charge in [0.25, 0.3) is 5.56 Å². The summed E-state index contributed by atoms with van der Waals surface area (Å²) >= 11 is 0. The van der Waals surface area contributed by atoms with Crippen molar-refractivity contribution in [2.45, 2.75) is 46.4 Å². The van der Waals surface area contributed by atoms with Gasteiger partial charge in [-0.25, -0.2) is 13.6 Å². The number of nitrogens with two attached hydrogens (primary N) is 1. The van der Waals surface area contributed by atoms with Crippen LogP contribution < -0.4 is 21.9 Å². The third-order valence-electron chi connectivity index (χ3n) is 8.44. The molecule has 0 unspecified atom stereocenters. The minimum absolute atomic E-state index is 0.0681. The monoisotopic (exact) mass is 573 g/mol. The summed E-state index contributed by atoms with van der Waals surface area (Å²) in [5, 5.41) is 0. The molecule has 2 heterocycles. The van der Waals surface area contributed by atoms with Crippen LogP contribution in [-0.2, 0) is 19.6 Å². The van der Waals surface area contributed by atoms with Crippen LogP contribution in [0.5, 0.6) is 0 Å². The molecular formula is C33H37F2N5O2. The van der Waals surface area contributed by atoms with Crippen molar-refractivity contribution in [2.75, 3.05) is 31.1 Å². The summed E-state index contributed by atoms with van der Waals surface area (Å²) in [6.45, 7) is 8.88. The quantitative estimate of drug-likeness (QED) is 0.341. The molecule has 1 aromatic heterocycles. The minimum Gasteiger partial charge on any atom is -0.363 e. The first-order valence-electron chi connectivity index (χ1n) is 14.3. The lowest BCUT2D eigenvalue weighted by Gasteiger charge is -2.37. The average molecular weight is 574 g/mol. The first-order valence-corrected chi connectivity index (χ1v) is 14.3. The molecule has 5 rings (SSSR count). The van der Waals surface area contributed by atoms with Crippen LogP contribution in [0, 0.1) is 32.4 Å². The number of benzene rings is 3. The summed E-state index contributed by atoms with van der Waals surface area (Å²) in [6.07, 6.45) is 0. The van der Waals surface area contributed by atoms with Crippen LogP contribution in [0.1, 0.15) is 39.6 Å². The Balaban J connectivity index is 1.50. The molecule has 1 fully saturated rings. The predicted molar refractivity (Wildman–Crippen MR) is 162 cm³/mol. The van der Waals surface area contributed by atoms with E-state index in [1.807, 2.05) is 35.2 Å². The molecule has 1 aliphatic heterocycles. The number of aryl methyl sites for hydroxylation is 1. The zero-order valence-corrected chi connectivity index (χ0v) is 24.3. The highest BCUT2D eigenvalue weighted by atomic mass is 19.1. The van der Waals surface area contributed by atoms with Crippen molar-refractivity contribution in [3.63, 3.8) is 0 Å². The Morgan fingerprint density at radius 3 is 2.10 bits per heavy atom. The van der Waals surface area contributed by atoms with Crippen molar-refractivity contribution in [3.05, 3.63) is 133 Å². The van der Waals surface area contributed by atoms with Gasteiger partial charge in [0.05, 0.1) is 13.1 Å². The molecule has 0 spiro atoms. The van der Waals surface area contributed by atoms with Crippen LogP contribution in [0.25, 0.3) is 0 Å². The SMILES string of the molecule is Cc1cccc(CN2CCN(c3c(C)n(Cc4c(F)cccc4F)c(=O)n(C[C@H](N)c4ccccc4)c3=O)CC2)c1C. The maximum atomic E-state index is 14.7. The molecular weight excluding hydrogens is 536 g/mol. The van der Waals surface area contributed by atoms with E-state index < -0.39 is 28.9 Å². The van der Waals surface area contributed by atoms with Crippen LogP contribution in [0.2, 0.25) is 0 Å². The summed E-state index contributed by atoms with van der Waals surface area (Å²) < 4.78 is 31.8. The van der Waals surface area contributed by atoms with E-state index in [-0.39, 0.29) is 18.7 Å². The van der Waals surface area contributed by atoms with E-state index in [9.17, 15) is 18.4 Å². The predicted octanol–water partition coefficient (Wildman–Crippen LogP) is 4.28. The third-order valence-corrected chi connectivity index (χ3v) is 8.44. The van der Waals surface area contributed by atoms with E-state index in [0.717, 1.165) is 41.9 Å². The second kappa shape index (κ2) is 12.4. The summed E-state index contributed by atoms with van der Waals surface area (Å²) in [5.74, 6) is -1.50. The van der Waals surface area contributed by atoms with Crippen molar-refractivity contribution in [1.82, 2.24) is 14.0 Å². The largest absolute Gasteiger partial charge is 0.363 e. The van der Waals surface area contributed by atoms with Gasteiger partial charge in [0.1, 0.15) is 17.3 Å². The van der Waals surface area contributed by atoms with Crippen LogP contribution >= 0.6 is 0 Å². The van der Waals surface area contributed by atoms with Gasteiger partial charge >= 0.3 is 5.69 Å². The topological polar surface area (TPSA) is 76.5 Å². The number of hydrogen-bond donors (Lipinski definition) is 1. The van der Waals surface area contributed by atoms with Crippen LogP contribution in [0.15, 0.2) is 76.3 Å². The second-order valence-electron chi connectivity index (χ2n) is 11.1. The highest BCUT2D eigenvalue weighted by Crippen LogP contribution is 2.22. The van der Waals surface area contributed by atoms with Gasteiger partial charge in [0.15, 0.2) is 0 Å². The van der Waals surface area contributed by atoms with Gasteiger partial charge < -0.3 is 10.6 Å². The normalized spacial score (nSPS) is 14.8. The standard InChI is InChI=1S/C33H37F2N5O2/c1-22-9-7-12-26(23(22)2)19-37-15-17-38(18-16-37)31-24(3)39(20-27-28(34)13-8-14-29(27)35)33(42)40(32(31)41)21-30(36)25-10-5-4-6-11-25/h4-14,30H,15-21,36H2,1-3H3/t30-/m0/s1. The molecule has 1 saturated heterocycles. The van der Waals surface area contributed by atoms with Gasteiger partial charge in [-0.2, -0.15) is 0 Å². The van der Waals surface area contributed by atoms with E-state index in [1.165, 1.54) is 27.3 Å². The third kappa shape index (κ3) is 5.93. The Bertz CT molecular complexity index is 1670. The number of nitrogens with zero attached hydrogens (tertiary/aromatic N) is 4. The summed E-state index contributed by atoms with van der Waals surface area (Å²) in [7, 11) is 0. The van der Waals surface area contributed by atoms with Crippen LogP contribution in [0.3, 0.4) is 0 Å². The second-order valence-corrected chi connectivity index (χ2v) is 11.1. The van der Waals surface area contributed by atoms with Gasteiger partial charge in [-0.3, -0.25) is 18.8 Å². The number of piperazine rings is 1. The number of aromatic nitrogens is 2. The van der Waals surface area contributed by atoms with E-state index in [4.69, 9.17) is 5.73 Å². The molecule has 9 heteroatoms. The lowest BCUT2D eigenvalue weighted by Crippen LogP contribution is -2.51. The first-order chi connectivity index (χ1) is 20.2. The zero-order valence-electron chi connectivity index (χ0n) is 24.3. The van der Waals surface area contributed by atoms with E-state index in [0.29, 0.717) is 24.5 Å². The molecule has 0 radical (unpaired) electrons. The first kappa shape index (κ1) is 29.4. The molecule has 0 bridgehead atoms. The number of rotatable bonds is 8. The maximum absolute atomic E-state index is 14.7. The Kier molecular flexibility index (Phi) is 8.70. The van der Waals surface area contributed by atoms with Gasteiger partial charge in [-0.15, -0.1) is 0 Å². The molecule has 7 nitrogen and oxygen atoms in total. The lowest BCUT2D eigenvalue weighted by atomic mass is 10.0. The Labute approximate surface area is 244 Å². The molecule has 0 aliphatic carbocycles. The molecule has 42 heavy (non-hydrogen) atoms. The van der Waals surface area contributed by atoms with Crippen molar-refractivity contribution in [1.29, 1.82) is 0 Å². The average Bonchev–Trinajstić information content (AvgIpc) is 2.98. The van der Waals surface area contributed by atoms with Crippen molar-refractivity contribution in [3.8, 4) is 0 Å². The van der Waals surface area contributed by atoms with Crippen molar-refractivity contribution >= 4 is 5.69 Å². The number of anilines is 1. The van der Waals surface area contributed by atoms with E-state index in [2.05, 4.69) is 36.9 Å². The summed E-state index contributed by atoms with van der Waals surface area (Å²) in [6, 6.07) is 18.5. The fourth-order valence-corrected chi connectivity index (χ4v) is 5.70. The Hall–Kier alpha value is -4.08. The van der Waals surface area contributed by atoms with Gasteiger partial charge in [-0.1, -0.05) is 54.6 Å². The molecule has 4 aromatic rings. The smallest absolute Gasteiger partial charge is 0.331 e. The Morgan fingerprint density at radius 2 is 1.43 bits per heavy atom. The van der Waals surface area contributed by atoms with E-state index in [1.54, 1.807) is 6.92 Å². The van der Waals surface area contributed by atoms with Gasteiger partial charge in [0.2, 0.25) is 0 Å². The fraction of sp³-hybridized carbons (Fsp3) is 0.333. The number of halogens is 2. The highest BCUT2D eigenvalue weighted by molar-refractivity contribution is 5.50. The molecule has 220 valence electrons. The number of hydrogen-bond acceptors (Lipinski definition) is 5. The molecule has 1 atom stereocenters. The molecule has 2 N–H and O–H groups in total. The molecule has 0 amide bonds. The maximum Gasteiger partial charge on any atom is 0.331 e. The Morgan fingerprint density at radius 1 is 0.786 bits per heavy atom. The van der Waals surface area contributed by atoms with Crippen molar-refractivity contribution in [2.24, 2.45) is 5.73 Å². The van der Waals surface area contributed by atoms with Crippen LogP contribution in [-0.4, -0.2) is 40.2 Å². The highest BCUT2D eigenvalue weighted by Gasteiger charge is 2.27. The summed E-state index contributed by atoms with van der Waals surface area (Å²) in [4.78, 5) is 32.0. The molecule has 3 aromatic carbocycles. The summed E-state index contributed by atoms with van der Waals surface area (Å²) in [5.41, 5.74) is 10.4. The van der Waals surface area contributed by atoms with Crippen LogP contribution in [0.4, 0.5) is 14.5 Å². The molecule has 1 aliphatic rings. The minimum atomic E-state index is -0.748. The fourth-order valence-electron chi connectivity index (χ4n) is 5.70. The molecule has 0 saturated carbocycles. The van der Waals surface area contributed by atoms with E-state index >= 15 is 0 Å². The van der Waals surface area contributed by atoms with Crippen molar-refractivity contribution < 1.29 is 8.78 Å². The van der Waals surface area contributed by atoms with Gasteiger partial charge in [0, 0.05) is 50.0 Å². The zero-order chi connectivity index (χ0) is 30.0. The lowest BCUT2D eigenvalue weighted by molar-refractivity contribution is 0.248.